The number of aliphatic hydroxyl groups is 2. The number of esters is 1. The number of carbonyl (C=O) groups excluding carboxylic acids is 1. The highest BCUT2D eigenvalue weighted by Gasteiger charge is 2.20. The van der Waals surface area contributed by atoms with Crippen molar-refractivity contribution >= 4 is 17.6 Å². The second kappa shape index (κ2) is 7.45. The average molecular weight is 288 g/mol. The molecule has 2 atom stereocenters. The van der Waals surface area contributed by atoms with Crippen molar-refractivity contribution in [2.24, 2.45) is 0 Å². The number of aliphatic hydroxyl groups excluding tert-OH is 2. The first-order valence-electron chi connectivity index (χ1n) is 5.89. The molecule has 1 aromatic carbocycles. The molecular weight excluding hydrogens is 270 g/mol. The molecule has 0 aliphatic heterocycles. The van der Waals surface area contributed by atoms with Crippen LogP contribution in [-0.4, -0.2) is 43.0 Å². The quantitative estimate of drug-likeness (QED) is 0.684. The first-order valence-corrected chi connectivity index (χ1v) is 6.27. The molecule has 0 saturated carbocycles. The second-order valence-corrected chi connectivity index (χ2v) is 4.54. The van der Waals surface area contributed by atoms with Crippen LogP contribution in [0.5, 0.6) is 0 Å². The summed E-state index contributed by atoms with van der Waals surface area (Å²) in [5.74, 6) is -0.580. The van der Waals surface area contributed by atoms with Crippen molar-refractivity contribution in [2.45, 2.75) is 18.6 Å². The van der Waals surface area contributed by atoms with Gasteiger partial charge in [0, 0.05) is 0 Å². The Hall–Kier alpha value is -1.14. The summed E-state index contributed by atoms with van der Waals surface area (Å²) in [4.78, 5) is 11.5. The summed E-state index contributed by atoms with van der Waals surface area (Å²) in [6, 6.07) is 4.50. The molecular formula is C13H18ClNO4. The molecule has 0 aliphatic rings. The number of nitrogens with one attached hydrogen (secondary N) is 1. The van der Waals surface area contributed by atoms with Crippen molar-refractivity contribution < 1.29 is 19.7 Å². The number of halogens is 1. The molecule has 0 heterocycles. The van der Waals surface area contributed by atoms with E-state index in [1.54, 1.807) is 13.1 Å². The van der Waals surface area contributed by atoms with Gasteiger partial charge >= 0.3 is 5.97 Å². The maximum atomic E-state index is 11.5. The Balaban J connectivity index is 2.92. The van der Waals surface area contributed by atoms with Gasteiger partial charge in [-0.15, -0.1) is 0 Å². The lowest BCUT2D eigenvalue weighted by Gasteiger charge is -2.18. The zero-order valence-corrected chi connectivity index (χ0v) is 11.6. The van der Waals surface area contributed by atoms with Crippen LogP contribution < -0.4 is 5.32 Å². The lowest BCUT2D eigenvalue weighted by molar-refractivity contribution is 0.0139. The Morgan fingerprint density at radius 2 is 2.16 bits per heavy atom. The van der Waals surface area contributed by atoms with Gasteiger partial charge in [-0.25, -0.2) is 4.79 Å². The summed E-state index contributed by atoms with van der Waals surface area (Å²) in [6.07, 6.45) is -1.60. The van der Waals surface area contributed by atoms with E-state index >= 15 is 0 Å². The fraction of sp³-hybridized carbons (Fsp3) is 0.462. The van der Waals surface area contributed by atoms with Gasteiger partial charge < -0.3 is 20.3 Å². The van der Waals surface area contributed by atoms with E-state index in [0.717, 1.165) is 0 Å². The molecule has 5 nitrogen and oxygen atoms in total. The van der Waals surface area contributed by atoms with E-state index in [9.17, 15) is 15.0 Å². The van der Waals surface area contributed by atoms with Gasteiger partial charge in [0.25, 0.3) is 0 Å². The Morgan fingerprint density at radius 1 is 1.47 bits per heavy atom. The minimum Gasteiger partial charge on any atom is -0.465 e. The molecule has 1 rings (SSSR count). The van der Waals surface area contributed by atoms with E-state index in [4.69, 9.17) is 11.6 Å². The Kier molecular flexibility index (Phi) is 6.24. The van der Waals surface area contributed by atoms with Gasteiger partial charge in [0.1, 0.15) is 6.10 Å². The monoisotopic (exact) mass is 287 g/mol. The molecule has 0 fully saturated rings. The molecule has 3 N–H and O–H groups in total. The Bertz CT molecular complexity index is 439. The zero-order chi connectivity index (χ0) is 14.4. The standard InChI is InChI=1S/C13H18ClNO4/c1-15-6-5-11(16)12(17)8-3-4-10(14)9(7-8)13(18)19-2/h3-4,7,11-12,15-17H,5-6H2,1-2H3. The van der Waals surface area contributed by atoms with Crippen molar-refractivity contribution in [3.63, 3.8) is 0 Å². The summed E-state index contributed by atoms with van der Waals surface area (Å²) >= 11 is 5.88. The second-order valence-electron chi connectivity index (χ2n) is 4.14. The summed E-state index contributed by atoms with van der Waals surface area (Å²) in [6.45, 7) is 0.579. The van der Waals surface area contributed by atoms with E-state index in [2.05, 4.69) is 10.1 Å². The number of hydrogen-bond donors (Lipinski definition) is 3. The molecule has 106 valence electrons. The largest absolute Gasteiger partial charge is 0.465 e. The lowest BCUT2D eigenvalue weighted by Crippen LogP contribution is -2.23. The molecule has 0 radical (unpaired) electrons. The molecule has 19 heavy (non-hydrogen) atoms. The predicted octanol–water partition coefficient (Wildman–Crippen LogP) is 1.13. The maximum Gasteiger partial charge on any atom is 0.339 e. The summed E-state index contributed by atoms with van der Waals surface area (Å²) < 4.78 is 4.60. The van der Waals surface area contributed by atoms with Crippen LogP contribution in [0.3, 0.4) is 0 Å². The predicted molar refractivity (Wildman–Crippen MR) is 72.3 cm³/mol. The fourth-order valence-corrected chi connectivity index (χ4v) is 1.86. The van der Waals surface area contributed by atoms with Gasteiger partial charge in [0.15, 0.2) is 0 Å². The first-order chi connectivity index (χ1) is 9.01. The smallest absolute Gasteiger partial charge is 0.339 e. The van der Waals surface area contributed by atoms with Gasteiger partial charge in [-0.1, -0.05) is 17.7 Å². The molecule has 1 aromatic rings. The highest BCUT2D eigenvalue weighted by molar-refractivity contribution is 6.33. The molecule has 0 aromatic heterocycles. The average Bonchev–Trinajstić information content (AvgIpc) is 2.43. The summed E-state index contributed by atoms with van der Waals surface area (Å²) in [5, 5.41) is 23.0. The van der Waals surface area contributed by atoms with E-state index in [1.807, 2.05) is 0 Å². The SMILES string of the molecule is CNCCC(O)C(O)c1ccc(Cl)c(C(=O)OC)c1. The molecule has 0 bridgehead atoms. The van der Waals surface area contributed by atoms with E-state index in [1.165, 1.54) is 19.2 Å². The fourth-order valence-electron chi connectivity index (χ4n) is 1.67. The number of methoxy groups -OCH3 is 1. The van der Waals surface area contributed by atoms with Crippen LogP contribution in [0.15, 0.2) is 18.2 Å². The van der Waals surface area contributed by atoms with Crippen LogP contribution in [0.25, 0.3) is 0 Å². The van der Waals surface area contributed by atoms with Crippen LogP contribution in [0.4, 0.5) is 0 Å². The van der Waals surface area contributed by atoms with Crippen molar-refractivity contribution in [1.82, 2.24) is 5.32 Å². The van der Waals surface area contributed by atoms with Gasteiger partial charge in [0.05, 0.1) is 23.8 Å². The Labute approximate surface area is 117 Å². The van der Waals surface area contributed by atoms with Crippen molar-refractivity contribution in [1.29, 1.82) is 0 Å². The van der Waals surface area contributed by atoms with Gasteiger partial charge in [0.2, 0.25) is 0 Å². The van der Waals surface area contributed by atoms with Crippen molar-refractivity contribution in [3.05, 3.63) is 34.3 Å². The lowest BCUT2D eigenvalue weighted by atomic mass is 10.00. The topological polar surface area (TPSA) is 78.8 Å². The molecule has 0 spiro atoms. The third kappa shape index (κ3) is 4.18. The van der Waals surface area contributed by atoms with Gasteiger partial charge in [-0.2, -0.15) is 0 Å². The van der Waals surface area contributed by atoms with Crippen LogP contribution in [-0.2, 0) is 4.74 Å². The maximum absolute atomic E-state index is 11.5. The van der Waals surface area contributed by atoms with Gasteiger partial charge in [-0.05, 0) is 37.7 Å². The third-order valence-corrected chi connectivity index (χ3v) is 3.12. The summed E-state index contributed by atoms with van der Waals surface area (Å²) in [5.41, 5.74) is 0.593. The number of carbonyl (C=O) groups is 1. The van der Waals surface area contributed by atoms with E-state index in [-0.39, 0.29) is 10.6 Å². The highest BCUT2D eigenvalue weighted by Crippen LogP contribution is 2.25. The molecule has 6 heteroatoms. The molecule has 0 saturated heterocycles. The van der Waals surface area contributed by atoms with E-state index < -0.39 is 18.2 Å². The van der Waals surface area contributed by atoms with E-state index in [0.29, 0.717) is 18.5 Å². The minimum atomic E-state index is -1.07. The highest BCUT2D eigenvalue weighted by atomic mass is 35.5. The normalized spacial score (nSPS) is 13.9. The first kappa shape index (κ1) is 15.9. The number of rotatable bonds is 6. The summed E-state index contributed by atoms with van der Waals surface area (Å²) in [7, 11) is 3.01. The third-order valence-electron chi connectivity index (χ3n) is 2.79. The zero-order valence-electron chi connectivity index (χ0n) is 10.9. The van der Waals surface area contributed by atoms with Crippen LogP contribution >= 0.6 is 11.6 Å². The number of ether oxygens (including phenoxy) is 1. The molecule has 2 unspecified atom stereocenters. The van der Waals surface area contributed by atoms with Crippen LogP contribution in [0, 0.1) is 0 Å². The molecule has 0 amide bonds. The van der Waals surface area contributed by atoms with Gasteiger partial charge in [-0.3, -0.25) is 0 Å². The van der Waals surface area contributed by atoms with Crippen molar-refractivity contribution in [3.8, 4) is 0 Å². The number of benzene rings is 1. The minimum absolute atomic E-state index is 0.168. The van der Waals surface area contributed by atoms with Crippen LogP contribution in [0.2, 0.25) is 5.02 Å². The van der Waals surface area contributed by atoms with Crippen molar-refractivity contribution in [2.75, 3.05) is 20.7 Å². The number of hydrogen-bond acceptors (Lipinski definition) is 5. The molecule has 0 aliphatic carbocycles. The Morgan fingerprint density at radius 3 is 2.74 bits per heavy atom. The van der Waals surface area contributed by atoms with Crippen LogP contribution in [0.1, 0.15) is 28.4 Å².